The fourth-order valence-corrected chi connectivity index (χ4v) is 3.25. The monoisotopic (exact) mass is 407 g/mol. The zero-order valence-electron chi connectivity index (χ0n) is 17.8. The van der Waals surface area contributed by atoms with E-state index in [9.17, 15) is 9.59 Å². The van der Waals surface area contributed by atoms with Crippen molar-refractivity contribution in [3.8, 4) is 11.5 Å². The topological polar surface area (TPSA) is 89.1 Å². The Kier molecular flexibility index (Phi) is 9.21. The third-order valence-corrected chi connectivity index (χ3v) is 4.75. The number of piperazine rings is 1. The molecule has 0 aromatic heterocycles. The van der Waals surface area contributed by atoms with Crippen molar-refractivity contribution in [1.82, 2.24) is 15.5 Å². The van der Waals surface area contributed by atoms with Crippen LogP contribution in [0.15, 0.2) is 18.2 Å². The number of rotatable bonds is 11. The minimum Gasteiger partial charge on any atom is -0.493 e. The van der Waals surface area contributed by atoms with Gasteiger partial charge in [0.2, 0.25) is 11.8 Å². The molecule has 1 atom stereocenters. The van der Waals surface area contributed by atoms with E-state index in [0.29, 0.717) is 44.3 Å². The summed E-state index contributed by atoms with van der Waals surface area (Å²) >= 11 is 0. The van der Waals surface area contributed by atoms with Crippen LogP contribution in [-0.4, -0.2) is 69.3 Å². The molecule has 1 aliphatic rings. The average Bonchev–Trinajstić information content (AvgIpc) is 2.70. The zero-order valence-corrected chi connectivity index (χ0v) is 17.8. The van der Waals surface area contributed by atoms with Crippen LogP contribution in [0.3, 0.4) is 0 Å². The van der Waals surface area contributed by atoms with Crippen LogP contribution >= 0.6 is 0 Å². The maximum atomic E-state index is 12.4. The van der Waals surface area contributed by atoms with Gasteiger partial charge in [0.15, 0.2) is 11.5 Å². The van der Waals surface area contributed by atoms with Crippen LogP contribution in [0, 0.1) is 0 Å². The molecule has 0 saturated carbocycles. The molecule has 1 aliphatic heterocycles. The fourth-order valence-electron chi connectivity index (χ4n) is 3.25. The van der Waals surface area contributed by atoms with E-state index in [1.165, 1.54) is 0 Å². The molecule has 0 bridgehead atoms. The summed E-state index contributed by atoms with van der Waals surface area (Å²) in [5, 5.41) is 5.74. The Balaban J connectivity index is 1.93. The summed E-state index contributed by atoms with van der Waals surface area (Å²) in [5.74, 6) is 1.05. The van der Waals surface area contributed by atoms with Gasteiger partial charge in [0, 0.05) is 32.8 Å². The second kappa shape index (κ2) is 11.6. The summed E-state index contributed by atoms with van der Waals surface area (Å²) in [5.41, 5.74) is 0.994. The lowest BCUT2D eigenvalue weighted by Crippen LogP contribution is -2.56. The smallest absolute Gasteiger partial charge is 0.237 e. The van der Waals surface area contributed by atoms with Crippen molar-refractivity contribution in [2.45, 2.75) is 45.4 Å². The first kappa shape index (κ1) is 23.0. The number of carbonyl (C=O) groups is 2. The Labute approximate surface area is 172 Å². The van der Waals surface area contributed by atoms with Crippen molar-refractivity contribution >= 4 is 11.8 Å². The van der Waals surface area contributed by atoms with Crippen LogP contribution in [0.1, 0.15) is 32.3 Å². The van der Waals surface area contributed by atoms with Crippen molar-refractivity contribution in [2.24, 2.45) is 0 Å². The number of benzene rings is 1. The van der Waals surface area contributed by atoms with Crippen LogP contribution in [0.2, 0.25) is 0 Å². The number of nitrogens with one attached hydrogen (secondary N) is 2. The maximum absolute atomic E-state index is 12.4. The maximum Gasteiger partial charge on any atom is 0.237 e. The highest BCUT2D eigenvalue weighted by Crippen LogP contribution is 2.28. The largest absolute Gasteiger partial charge is 0.493 e. The number of nitrogens with zero attached hydrogens (tertiary/aromatic N) is 1. The van der Waals surface area contributed by atoms with E-state index in [1.54, 1.807) is 14.2 Å². The highest BCUT2D eigenvalue weighted by molar-refractivity contribution is 5.88. The third-order valence-electron chi connectivity index (χ3n) is 4.75. The predicted molar refractivity (Wildman–Crippen MR) is 110 cm³/mol. The van der Waals surface area contributed by atoms with Crippen LogP contribution in [0.4, 0.5) is 0 Å². The van der Waals surface area contributed by atoms with Crippen LogP contribution in [0.5, 0.6) is 11.5 Å². The van der Waals surface area contributed by atoms with Gasteiger partial charge in [-0.2, -0.15) is 0 Å². The lowest BCUT2D eigenvalue weighted by atomic mass is 10.1. The van der Waals surface area contributed by atoms with Gasteiger partial charge in [0.05, 0.1) is 32.8 Å². The molecule has 1 fully saturated rings. The summed E-state index contributed by atoms with van der Waals surface area (Å²) in [4.78, 5) is 26.8. The Bertz CT molecular complexity index is 680. The van der Waals surface area contributed by atoms with Gasteiger partial charge in [-0.15, -0.1) is 0 Å². The van der Waals surface area contributed by atoms with Crippen molar-refractivity contribution in [3.63, 3.8) is 0 Å². The van der Waals surface area contributed by atoms with E-state index in [-0.39, 0.29) is 24.3 Å². The molecule has 29 heavy (non-hydrogen) atoms. The van der Waals surface area contributed by atoms with Crippen LogP contribution < -0.4 is 20.1 Å². The minimum absolute atomic E-state index is 0.116. The van der Waals surface area contributed by atoms with E-state index < -0.39 is 6.04 Å². The molecular formula is C21H33N3O5. The summed E-state index contributed by atoms with van der Waals surface area (Å²) in [6.45, 7) is 6.90. The molecular weight excluding hydrogens is 374 g/mol. The molecule has 2 N–H and O–H groups in total. The summed E-state index contributed by atoms with van der Waals surface area (Å²) in [6.07, 6.45) is 1.06. The highest BCUT2D eigenvalue weighted by atomic mass is 16.5. The summed E-state index contributed by atoms with van der Waals surface area (Å²) in [6, 6.07) is 5.19. The number of ether oxygens (including phenoxy) is 3. The van der Waals surface area contributed by atoms with Gasteiger partial charge in [0.25, 0.3) is 0 Å². The second-order valence-corrected chi connectivity index (χ2v) is 7.29. The Hall–Kier alpha value is -2.32. The average molecular weight is 408 g/mol. The lowest BCUT2D eigenvalue weighted by Gasteiger charge is -2.34. The first-order valence-corrected chi connectivity index (χ1v) is 10.1. The van der Waals surface area contributed by atoms with E-state index in [4.69, 9.17) is 14.2 Å². The summed E-state index contributed by atoms with van der Waals surface area (Å²) in [7, 11) is 3.19. The van der Waals surface area contributed by atoms with Crippen molar-refractivity contribution < 1.29 is 23.8 Å². The Morgan fingerprint density at radius 3 is 2.72 bits per heavy atom. The molecule has 8 heteroatoms. The molecule has 1 unspecified atom stereocenters. The molecule has 1 aromatic carbocycles. The SMILES string of the molecule is COc1ccc(CN2CCNC(=O)C2CC(=O)NCCCOC(C)C)cc1OC. The van der Waals surface area contributed by atoms with Crippen molar-refractivity contribution in [1.29, 1.82) is 0 Å². The first-order chi connectivity index (χ1) is 13.9. The van der Waals surface area contributed by atoms with Gasteiger partial charge >= 0.3 is 0 Å². The normalized spacial score (nSPS) is 17.1. The van der Waals surface area contributed by atoms with Crippen molar-refractivity contribution in [2.75, 3.05) is 40.5 Å². The molecule has 1 saturated heterocycles. The number of carbonyl (C=O) groups excluding carboxylic acids is 2. The molecule has 0 spiro atoms. The molecule has 2 rings (SSSR count). The van der Waals surface area contributed by atoms with Gasteiger partial charge < -0.3 is 24.8 Å². The predicted octanol–water partition coefficient (Wildman–Crippen LogP) is 1.33. The van der Waals surface area contributed by atoms with Gasteiger partial charge in [-0.25, -0.2) is 0 Å². The number of hydrogen-bond acceptors (Lipinski definition) is 6. The van der Waals surface area contributed by atoms with Crippen LogP contribution in [-0.2, 0) is 20.9 Å². The van der Waals surface area contributed by atoms with E-state index in [1.807, 2.05) is 36.9 Å². The molecule has 8 nitrogen and oxygen atoms in total. The summed E-state index contributed by atoms with van der Waals surface area (Å²) < 4.78 is 16.1. The number of methoxy groups -OCH3 is 2. The van der Waals surface area contributed by atoms with E-state index in [2.05, 4.69) is 10.6 Å². The van der Waals surface area contributed by atoms with Gasteiger partial charge in [0.1, 0.15) is 0 Å². The molecule has 1 heterocycles. The highest BCUT2D eigenvalue weighted by Gasteiger charge is 2.31. The van der Waals surface area contributed by atoms with Crippen molar-refractivity contribution in [3.05, 3.63) is 23.8 Å². The molecule has 0 radical (unpaired) electrons. The number of hydrogen-bond donors (Lipinski definition) is 2. The van der Waals surface area contributed by atoms with E-state index >= 15 is 0 Å². The Morgan fingerprint density at radius 2 is 2.03 bits per heavy atom. The Morgan fingerprint density at radius 1 is 1.28 bits per heavy atom. The minimum atomic E-state index is -0.497. The molecule has 0 aliphatic carbocycles. The second-order valence-electron chi connectivity index (χ2n) is 7.29. The van der Waals surface area contributed by atoms with Gasteiger partial charge in [-0.1, -0.05) is 6.07 Å². The zero-order chi connectivity index (χ0) is 21.2. The lowest BCUT2D eigenvalue weighted by molar-refractivity contribution is -0.134. The van der Waals surface area contributed by atoms with Gasteiger partial charge in [-0.3, -0.25) is 14.5 Å². The standard InChI is InChI=1S/C21H33N3O5/c1-15(2)29-11-5-8-22-20(25)13-17-21(26)23-9-10-24(17)14-16-6-7-18(27-3)19(12-16)28-4/h6-7,12,15,17H,5,8-11,13-14H2,1-4H3,(H,22,25)(H,23,26). The molecule has 162 valence electrons. The van der Waals surface area contributed by atoms with Gasteiger partial charge in [-0.05, 0) is 38.0 Å². The number of amides is 2. The van der Waals surface area contributed by atoms with Crippen LogP contribution in [0.25, 0.3) is 0 Å². The third kappa shape index (κ3) is 7.21. The molecule has 2 amide bonds. The quantitative estimate of drug-likeness (QED) is 0.538. The first-order valence-electron chi connectivity index (χ1n) is 10.1. The fraction of sp³-hybridized carbons (Fsp3) is 0.619. The molecule has 1 aromatic rings. The van der Waals surface area contributed by atoms with E-state index in [0.717, 1.165) is 12.0 Å².